The Morgan fingerprint density at radius 1 is 0.714 bits per heavy atom. The second kappa shape index (κ2) is 8.31. The number of allylic oxidation sites excluding steroid dienone is 10. The van der Waals surface area contributed by atoms with E-state index < -0.39 is 0 Å². The van der Waals surface area contributed by atoms with Crippen LogP contribution in [0, 0.1) is 0 Å². The summed E-state index contributed by atoms with van der Waals surface area (Å²) in [6, 6.07) is 0. The van der Waals surface area contributed by atoms with E-state index in [1.807, 2.05) is 38.2 Å². The van der Waals surface area contributed by atoms with Gasteiger partial charge in [0.1, 0.15) is 0 Å². The standard InChI is InChI=1S/C14H20/c1-5-7-9-11-14(13(3)4)12-10-8-6-2/h5-12H,1-4H3/b7-5-,8-6-,11-9-,12-10-. The van der Waals surface area contributed by atoms with Gasteiger partial charge in [-0.15, -0.1) is 0 Å². The summed E-state index contributed by atoms with van der Waals surface area (Å²) in [4.78, 5) is 0. The molecule has 0 heteroatoms. The van der Waals surface area contributed by atoms with Crippen LogP contribution in [0.4, 0.5) is 0 Å². The quantitative estimate of drug-likeness (QED) is 0.566. The van der Waals surface area contributed by atoms with Crippen LogP contribution in [0.25, 0.3) is 0 Å². The van der Waals surface area contributed by atoms with Gasteiger partial charge in [0.05, 0.1) is 0 Å². The highest BCUT2D eigenvalue weighted by molar-refractivity contribution is 5.36. The first kappa shape index (κ1) is 12.7. The van der Waals surface area contributed by atoms with Crippen LogP contribution in [0.2, 0.25) is 0 Å². The lowest BCUT2D eigenvalue weighted by Gasteiger charge is -1.96. The molecule has 0 aromatic rings. The summed E-state index contributed by atoms with van der Waals surface area (Å²) in [5.41, 5.74) is 2.59. The summed E-state index contributed by atoms with van der Waals surface area (Å²) in [7, 11) is 0. The molecule has 14 heavy (non-hydrogen) atoms. The maximum atomic E-state index is 2.12. The van der Waals surface area contributed by atoms with Crippen molar-refractivity contribution in [1.29, 1.82) is 0 Å². The molecular formula is C14H20. The van der Waals surface area contributed by atoms with Gasteiger partial charge < -0.3 is 0 Å². The highest BCUT2D eigenvalue weighted by Gasteiger charge is 1.86. The molecule has 0 N–H and O–H groups in total. The van der Waals surface area contributed by atoms with E-state index in [1.54, 1.807) is 0 Å². The molecule has 0 nitrogen and oxygen atoms in total. The summed E-state index contributed by atoms with van der Waals surface area (Å²) >= 11 is 0. The molecule has 0 fully saturated rings. The molecule has 0 aliphatic carbocycles. The average molecular weight is 188 g/mol. The van der Waals surface area contributed by atoms with Crippen molar-refractivity contribution in [3.05, 3.63) is 59.8 Å². The predicted octanol–water partition coefficient (Wildman–Crippen LogP) is 4.59. The van der Waals surface area contributed by atoms with Crippen LogP contribution in [-0.4, -0.2) is 0 Å². The fourth-order valence-electron chi connectivity index (χ4n) is 0.930. The zero-order valence-electron chi connectivity index (χ0n) is 9.62. The van der Waals surface area contributed by atoms with Gasteiger partial charge in [-0.2, -0.15) is 0 Å². The van der Waals surface area contributed by atoms with E-state index in [1.165, 1.54) is 11.1 Å². The van der Waals surface area contributed by atoms with E-state index in [0.717, 1.165) is 0 Å². The van der Waals surface area contributed by atoms with Crippen molar-refractivity contribution in [2.45, 2.75) is 27.7 Å². The fraction of sp³-hybridized carbons (Fsp3) is 0.286. The minimum absolute atomic E-state index is 1.27. The lowest BCUT2D eigenvalue weighted by Crippen LogP contribution is -1.75. The van der Waals surface area contributed by atoms with Gasteiger partial charge in [-0.1, -0.05) is 54.2 Å². The van der Waals surface area contributed by atoms with Crippen molar-refractivity contribution in [2.75, 3.05) is 0 Å². The van der Waals surface area contributed by atoms with E-state index in [2.05, 4.69) is 38.2 Å². The fourth-order valence-corrected chi connectivity index (χ4v) is 0.930. The molecule has 0 aliphatic rings. The van der Waals surface area contributed by atoms with Gasteiger partial charge >= 0.3 is 0 Å². The van der Waals surface area contributed by atoms with E-state index in [9.17, 15) is 0 Å². The van der Waals surface area contributed by atoms with E-state index in [0.29, 0.717) is 0 Å². The maximum Gasteiger partial charge on any atom is -0.0270 e. The molecule has 0 atom stereocenters. The highest BCUT2D eigenvalue weighted by atomic mass is 13.9. The van der Waals surface area contributed by atoms with Crippen molar-refractivity contribution >= 4 is 0 Å². The highest BCUT2D eigenvalue weighted by Crippen LogP contribution is 2.07. The van der Waals surface area contributed by atoms with Gasteiger partial charge in [0.15, 0.2) is 0 Å². The smallest absolute Gasteiger partial charge is 0.0270 e. The summed E-state index contributed by atoms with van der Waals surface area (Å²) in [6.45, 7) is 8.27. The van der Waals surface area contributed by atoms with Gasteiger partial charge in [-0.05, 0) is 33.3 Å². The maximum absolute atomic E-state index is 2.12. The second-order valence-electron chi connectivity index (χ2n) is 3.23. The minimum Gasteiger partial charge on any atom is -0.0877 e. The lowest BCUT2D eigenvalue weighted by molar-refractivity contribution is 1.34. The average Bonchev–Trinajstić information content (AvgIpc) is 2.15. The van der Waals surface area contributed by atoms with Gasteiger partial charge in [0, 0.05) is 0 Å². The molecule has 0 amide bonds. The molecular weight excluding hydrogens is 168 g/mol. The van der Waals surface area contributed by atoms with Crippen LogP contribution in [-0.2, 0) is 0 Å². The summed E-state index contributed by atoms with van der Waals surface area (Å²) in [5.74, 6) is 0. The molecule has 0 radical (unpaired) electrons. The predicted molar refractivity (Wildman–Crippen MR) is 66.3 cm³/mol. The Bertz CT molecular complexity index is 255. The normalized spacial score (nSPS) is 12.6. The SMILES string of the molecule is C/C=C\C=C/C(/C=C\C=C/C)=C(C)C. The minimum atomic E-state index is 1.27. The van der Waals surface area contributed by atoms with E-state index in [-0.39, 0.29) is 0 Å². The van der Waals surface area contributed by atoms with Crippen LogP contribution >= 0.6 is 0 Å². The third-order valence-corrected chi connectivity index (χ3v) is 1.74. The zero-order chi connectivity index (χ0) is 10.8. The largest absolute Gasteiger partial charge is 0.0877 e. The number of rotatable bonds is 4. The summed E-state index contributed by atoms with van der Waals surface area (Å²) in [6.07, 6.45) is 16.5. The lowest BCUT2D eigenvalue weighted by atomic mass is 10.1. The number of hydrogen-bond donors (Lipinski definition) is 0. The topological polar surface area (TPSA) is 0 Å². The van der Waals surface area contributed by atoms with Crippen LogP contribution < -0.4 is 0 Å². The molecule has 0 unspecified atom stereocenters. The van der Waals surface area contributed by atoms with Crippen molar-refractivity contribution in [3.8, 4) is 0 Å². The molecule has 0 saturated heterocycles. The molecule has 0 saturated carbocycles. The zero-order valence-corrected chi connectivity index (χ0v) is 9.62. The van der Waals surface area contributed by atoms with Crippen LogP contribution in [0.5, 0.6) is 0 Å². The van der Waals surface area contributed by atoms with E-state index >= 15 is 0 Å². The summed E-state index contributed by atoms with van der Waals surface area (Å²) in [5, 5.41) is 0. The van der Waals surface area contributed by atoms with Crippen molar-refractivity contribution < 1.29 is 0 Å². The number of hydrogen-bond acceptors (Lipinski definition) is 0. The van der Waals surface area contributed by atoms with Gasteiger partial charge in [0.2, 0.25) is 0 Å². The molecule has 0 aromatic carbocycles. The van der Waals surface area contributed by atoms with Crippen LogP contribution in [0.15, 0.2) is 59.8 Å². The molecule has 0 rings (SSSR count). The van der Waals surface area contributed by atoms with Gasteiger partial charge in [-0.3, -0.25) is 0 Å². The Hall–Kier alpha value is -1.30. The van der Waals surface area contributed by atoms with E-state index in [4.69, 9.17) is 0 Å². The second-order valence-corrected chi connectivity index (χ2v) is 3.23. The molecule has 76 valence electrons. The van der Waals surface area contributed by atoms with Crippen molar-refractivity contribution in [3.63, 3.8) is 0 Å². The van der Waals surface area contributed by atoms with Crippen LogP contribution in [0.3, 0.4) is 0 Å². The first-order chi connectivity index (χ1) is 6.72. The van der Waals surface area contributed by atoms with Gasteiger partial charge in [0.25, 0.3) is 0 Å². The molecule has 0 spiro atoms. The van der Waals surface area contributed by atoms with Gasteiger partial charge in [-0.25, -0.2) is 0 Å². The van der Waals surface area contributed by atoms with Crippen LogP contribution in [0.1, 0.15) is 27.7 Å². The Kier molecular flexibility index (Phi) is 7.53. The monoisotopic (exact) mass is 188 g/mol. The van der Waals surface area contributed by atoms with Crippen molar-refractivity contribution in [1.82, 2.24) is 0 Å². The molecule has 0 aliphatic heterocycles. The molecule has 0 heterocycles. The Balaban J connectivity index is 4.56. The molecule has 0 aromatic heterocycles. The Morgan fingerprint density at radius 3 is 1.43 bits per heavy atom. The first-order valence-corrected chi connectivity index (χ1v) is 4.98. The molecule has 0 bridgehead atoms. The Morgan fingerprint density at radius 2 is 1.14 bits per heavy atom. The first-order valence-electron chi connectivity index (χ1n) is 4.98. The Labute approximate surface area is 88.0 Å². The summed E-state index contributed by atoms with van der Waals surface area (Å²) < 4.78 is 0. The van der Waals surface area contributed by atoms with Crippen molar-refractivity contribution in [2.24, 2.45) is 0 Å². The third kappa shape index (κ3) is 6.24. The third-order valence-electron chi connectivity index (χ3n) is 1.74.